The predicted molar refractivity (Wildman–Crippen MR) is 60.1 cm³/mol. The molecule has 1 rings (SSSR count). The van der Waals surface area contributed by atoms with E-state index in [1.807, 2.05) is 0 Å². The minimum Gasteiger partial charge on any atom is -0.463 e. The molecule has 1 unspecified atom stereocenters. The Morgan fingerprint density at radius 1 is 1.73 bits per heavy atom. The third-order valence-corrected chi connectivity index (χ3v) is 3.01. The number of ether oxygens (including phenoxy) is 1. The Hall–Kier alpha value is -0.840. The summed E-state index contributed by atoms with van der Waals surface area (Å²) in [5.41, 5.74) is 0.0235. The first-order valence-electron chi connectivity index (χ1n) is 4.35. The van der Waals surface area contributed by atoms with Gasteiger partial charge in [-0.1, -0.05) is 18.2 Å². The summed E-state index contributed by atoms with van der Waals surface area (Å²) in [5, 5.41) is 9.75. The zero-order valence-electron chi connectivity index (χ0n) is 8.20. The molecule has 0 spiro atoms. The largest absolute Gasteiger partial charge is 0.463 e. The van der Waals surface area contributed by atoms with Crippen molar-refractivity contribution in [2.75, 3.05) is 6.61 Å². The molecule has 0 aromatic carbocycles. The fraction of sp³-hybridized carbons (Fsp3) is 0.300. The zero-order valence-corrected chi connectivity index (χ0v) is 9.77. The summed E-state index contributed by atoms with van der Waals surface area (Å²) in [6.45, 7) is 5.45. The molecule has 0 aliphatic rings. The van der Waals surface area contributed by atoms with Gasteiger partial charge in [0.1, 0.15) is 6.10 Å². The van der Waals surface area contributed by atoms with Crippen LogP contribution in [0.15, 0.2) is 24.3 Å². The van der Waals surface area contributed by atoms with Crippen LogP contribution in [0.25, 0.3) is 0 Å². The summed E-state index contributed by atoms with van der Waals surface area (Å²) in [6.07, 6.45) is -1.04. The second kappa shape index (κ2) is 5.30. The molecule has 0 aliphatic heterocycles. The molecular formula is C10H11ClO3S. The smallest absolute Gasteiger partial charge is 0.336 e. The van der Waals surface area contributed by atoms with E-state index >= 15 is 0 Å². The maximum Gasteiger partial charge on any atom is 0.336 e. The highest BCUT2D eigenvalue weighted by atomic mass is 35.5. The van der Waals surface area contributed by atoms with E-state index in [0.717, 1.165) is 0 Å². The van der Waals surface area contributed by atoms with Crippen molar-refractivity contribution in [1.29, 1.82) is 0 Å². The van der Waals surface area contributed by atoms with Gasteiger partial charge in [0.25, 0.3) is 0 Å². The van der Waals surface area contributed by atoms with E-state index < -0.39 is 12.1 Å². The highest BCUT2D eigenvalue weighted by Crippen LogP contribution is 2.30. The predicted octanol–water partition coefficient (Wildman–Crippen LogP) is 2.55. The van der Waals surface area contributed by atoms with Gasteiger partial charge in [0.2, 0.25) is 0 Å². The van der Waals surface area contributed by atoms with Crippen LogP contribution in [0, 0.1) is 0 Å². The topological polar surface area (TPSA) is 46.5 Å². The molecule has 0 saturated carbocycles. The number of hydrogen-bond acceptors (Lipinski definition) is 4. The number of aliphatic hydroxyl groups excluding tert-OH is 1. The van der Waals surface area contributed by atoms with E-state index in [1.165, 1.54) is 11.3 Å². The Morgan fingerprint density at radius 2 is 2.40 bits per heavy atom. The molecule has 15 heavy (non-hydrogen) atoms. The molecule has 0 bridgehead atoms. The SMILES string of the molecule is C=C(C(=O)OCC)C(O)c1ccc(Cl)s1. The Bertz CT molecular complexity index is 372. The summed E-state index contributed by atoms with van der Waals surface area (Å²) in [7, 11) is 0. The molecule has 1 N–H and O–H groups in total. The summed E-state index contributed by atoms with van der Waals surface area (Å²) < 4.78 is 5.28. The van der Waals surface area contributed by atoms with Gasteiger partial charge < -0.3 is 9.84 Å². The lowest BCUT2D eigenvalue weighted by atomic mass is 10.1. The molecule has 0 fully saturated rings. The van der Waals surface area contributed by atoms with E-state index in [1.54, 1.807) is 19.1 Å². The fourth-order valence-electron chi connectivity index (χ4n) is 0.982. The van der Waals surface area contributed by atoms with Gasteiger partial charge in [-0.15, -0.1) is 11.3 Å². The molecule has 3 nitrogen and oxygen atoms in total. The Labute approximate surface area is 96.9 Å². The average Bonchev–Trinajstić information content (AvgIpc) is 2.63. The van der Waals surface area contributed by atoms with Gasteiger partial charge in [-0.25, -0.2) is 4.79 Å². The van der Waals surface area contributed by atoms with E-state index in [0.29, 0.717) is 9.21 Å². The van der Waals surface area contributed by atoms with Crippen molar-refractivity contribution in [2.24, 2.45) is 0 Å². The lowest BCUT2D eigenvalue weighted by Gasteiger charge is -2.10. The second-order valence-corrected chi connectivity index (χ2v) is 4.54. The standard InChI is InChI=1S/C10H11ClO3S/c1-3-14-10(13)6(2)9(12)7-4-5-8(11)15-7/h4-5,9,12H,2-3H2,1H3. The van der Waals surface area contributed by atoms with Crippen molar-refractivity contribution < 1.29 is 14.6 Å². The molecule has 0 saturated heterocycles. The van der Waals surface area contributed by atoms with Crippen LogP contribution >= 0.6 is 22.9 Å². The fourth-order valence-corrected chi connectivity index (χ4v) is 2.06. The van der Waals surface area contributed by atoms with Crippen molar-refractivity contribution in [1.82, 2.24) is 0 Å². The number of hydrogen-bond donors (Lipinski definition) is 1. The molecule has 0 amide bonds. The zero-order chi connectivity index (χ0) is 11.4. The van der Waals surface area contributed by atoms with Crippen LogP contribution in [0.5, 0.6) is 0 Å². The summed E-state index contributed by atoms with van der Waals surface area (Å²) in [4.78, 5) is 11.8. The Morgan fingerprint density at radius 3 is 2.87 bits per heavy atom. The van der Waals surface area contributed by atoms with Crippen molar-refractivity contribution in [3.8, 4) is 0 Å². The Kier molecular flexibility index (Phi) is 4.32. The number of rotatable bonds is 4. The summed E-state index contributed by atoms with van der Waals surface area (Å²) >= 11 is 6.92. The van der Waals surface area contributed by atoms with Crippen LogP contribution in [0.1, 0.15) is 17.9 Å². The third-order valence-electron chi connectivity index (χ3n) is 1.73. The summed E-state index contributed by atoms with van der Waals surface area (Å²) in [5.74, 6) is -0.588. The Balaban J connectivity index is 2.72. The minimum absolute atomic E-state index is 0.0235. The lowest BCUT2D eigenvalue weighted by molar-refractivity contribution is -0.139. The van der Waals surface area contributed by atoms with E-state index in [2.05, 4.69) is 6.58 Å². The van der Waals surface area contributed by atoms with Gasteiger partial charge in [0.05, 0.1) is 16.5 Å². The molecular weight excluding hydrogens is 236 g/mol. The highest BCUT2D eigenvalue weighted by molar-refractivity contribution is 7.16. The van der Waals surface area contributed by atoms with Gasteiger partial charge in [-0.05, 0) is 19.1 Å². The first-order valence-corrected chi connectivity index (χ1v) is 5.55. The first-order chi connectivity index (χ1) is 7.06. The van der Waals surface area contributed by atoms with Crippen molar-refractivity contribution >= 4 is 28.9 Å². The number of esters is 1. The van der Waals surface area contributed by atoms with Gasteiger partial charge in [-0.2, -0.15) is 0 Å². The molecule has 0 radical (unpaired) electrons. The lowest BCUT2D eigenvalue weighted by Crippen LogP contribution is -2.12. The maximum atomic E-state index is 11.3. The number of thiophene rings is 1. The molecule has 1 aromatic heterocycles. The van der Waals surface area contributed by atoms with Crippen LogP contribution in [-0.4, -0.2) is 17.7 Å². The molecule has 1 aromatic rings. The van der Waals surface area contributed by atoms with Gasteiger partial charge in [0, 0.05) is 4.88 Å². The number of carbonyl (C=O) groups is 1. The van der Waals surface area contributed by atoms with Crippen LogP contribution in [0.2, 0.25) is 4.34 Å². The highest BCUT2D eigenvalue weighted by Gasteiger charge is 2.20. The van der Waals surface area contributed by atoms with Crippen LogP contribution in [-0.2, 0) is 9.53 Å². The summed E-state index contributed by atoms with van der Waals surface area (Å²) in [6, 6.07) is 3.31. The quantitative estimate of drug-likeness (QED) is 0.656. The van der Waals surface area contributed by atoms with Crippen molar-refractivity contribution in [3.63, 3.8) is 0 Å². The normalized spacial score (nSPS) is 12.2. The van der Waals surface area contributed by atoms with Crippen LogP contribution < -0.4 is 0 Å². The number of aliphatic hydroxyl groups is 1. The second-order valence-electron chi connectivity index (χ2n) is 2.79. The molecule has 1 heterocycles. The van der Waals surface area contributed by atoms with E-state index in [9.17, 15) is 9.90 Å². The molecule has 82 valence electrons. The number of halogens is 1. The van der Waals surface area contributed by atoms with E-state index in [4.69, 9.17) is 16.3 Å². The first kappa shape index (κ1) is 12.2. The molecule has 0 aliphatic carbocycles. The van der Waals surface area contributed by atoms with Crippen LogP contribution in [0.3, 0.4) is 0 Å². The molecule has 5 heteroatoms. The minimum atomic E-state index is -1.04. The maximum absolute atomic E-state index is 11.3. The third kappa shape index (κ3) is 3.06. The van der Waals surface area contributed by atoms with Gasteiger partial charge >= 0.3 is 5.97 Å². The monoisotopic (exact) mass is 246 g/mol. The van der Waals surface area contributed by atoms with Crippen molar-refractivity contribution in [3.05, 3.63) is 33.5 Å². The molecule has 1 atom stereocenters. The van der Waals surface area contributed by atoms with Crippen LogP contribution in [0.4, 0.5) is 0 Å². The van der Waals surface area contributed by atoms with Gasteiger partial charge in [-0.3, -0.25) is 0 Å². The van der Waals surface area contributed by atoms with Gasteiger partial charge in [0.15, 0.2) is 0 Å². The van der Waals surface area contributed by atoms with Crippen molar-refractivity contribution in [2.45, 2.75) is 13.0 Å². The van der Waals surface area contributed by atoms with E-state index in [-0.39, 0.29) is 12.2 Å². The average molecular weight is 247 g/mol. The number of carbonyl (C=O) groups excluding carboxylic acids is 1.